The zero-order valence-electron chi connectivity index (χ0n) is 11.0. The Balaban J connectivity index is 1.85. The Bertz CT molecular complexity index is 696. The van der Waals surface area contributed by atoms with Gasteiger partial charge >= 0.3 is 0 Å². The quantitative estimate of drug-likeness (QED) is 0.751. The topological polar surface area (TPSA) is 29.1 Å². The second-order valence-electron chi connectivity index (χ2n) is 5.14. The van der Waals surface area contributed by atoms with Gasteiger partial charge in [-0.3, -0.25) is 4.79 Å². The summed E-state index contributed by atoms with van der Waals surface area (Å²) < 4.78 is 1.00. The molecule has 0 bridgehead atoms. The fourth-order valence-electron chi connectivity index (χ4n) is 2.38. The number of benzene rings is 2. The number of hydrogen-bond acceptors (Lipinski definition) is 1. The number of anilines is 1. The minimum absolute atomic E-state index is 0.0333. The molecule has 1 N–H and O–H groups in total. The van der Waals surface area contributed by atoms with Crippen LogP contribution in [0, 0.1) is 0 Å². The van der Waals surface area contributed by atoms with Crippen molar-refractivity contribution < 1.29 is 4.79 Å². The van der Waals surface area contributed by atoms with Crippen molar-refractivity contribution in [3.63, 3.8) is 0 Å². The highest BCUT2D eigenvalue weighted by molar-refractivity contribution is 9.10. The highest BCUT2D eigenvalue weighted by Gasteiger charge is 2.51. The minimum atomic E-state index is -0.438. The molecule has 0 atom stereocenters. The standard InChI is InChI=1S/C16H12BrCl2NO/c17-11-6-4-10(5-7-11)16(8-9-16)15(21)20-13-3-1-2-12(18)14(13)19/h1-7H,8-9H2,(H,20,21). The van der Waals surface area contributed by atoms with Crippen LogP contribution < -0.4 is 5.32 Å². The van der Waals surface area contributed by atoms with Gasteiger partial charge in [-0.2, -0.15) is 0 Å². The van der Waals surface area contributed by atoms with E-state index >= 15 is 0 Å². The van der Waals surface area contributed by atoms with Crippen molar-refractivity contribution in [1.29, 1.82) is 0 Å². The first kappa shape index (κ1) is 14.9. The summed E-state index contributed by atoms with van der Waals surface area (Å²) in [7, 11) is 0. The third kappa shape index (κ3) is 2.83. The fraction of sp³-hybridized carbons (Fsp3) is 0.188. The Morgan fingerprint density at radius 3 is 2.38 bits per heavy atom. The average molecular weight is 385 g/mol. The molecule has 0 unspecified atom stereocenters. The molecule has 1 aliphatic carbocycles. The zero-order chi connectivity index (χ0) is 15.0. The second kappa shape index (κ2) is 5.64. The Labute approximate surface area is 141 Å². The number of carbonyl (C=O) groups excluding carboxylic acids is 1. The summed E-state index contributed by atoms with van der Waals surface area (Å²) in [6.07, 6.45) is 1.69. The van der Waals surface area contributed by atoms with Crippen LogP contribution in [0.15, 0.2) is 46.9 Å². The van der Waals surface area contributed by atoms with Gasteiger partial charge in [-0.05, 0) is 42.7 Å². The molecule has 0 heterocycles. The van der Waals surface area contributed by atoms with E-state index in [4.69, 9.17) is 23.2 Å². The molecular weight excluding hydrogens is 373 g/mol. The van der Waals surface area contributed by atoms with Crippen LogP contribution in [-0.2, 0) is 10.2 Å². The Morgan fingerprint density at radius 1 is 1.10 bits per heavy atom. The molecule has 0 saturated heterocycles. The largest absolute Gasteiger partial charge is 0.324 e. The summed E-state index contributed by atoms with van der Waals surface area (Å²) in [6, 6.07) is 13.1. The summed E-state index contributed by atoms with van der Waals surface area (Å²) >= 11 is 15.5. The van der Waals surface area contributed by atoms with Crippen LogP contribution in [0.25, 0.3) is 0 Å². The molecule has 1 fully saturated rings. The van der Waals surface area contributed by atoms with E-state index in [1.807, 2.05) is 24.3 Å². The van der Waals surface area contributed by atoms with Crippen LogP contribution >= 0.6 is 39.1 Å². The van der Waals surface area contributed by atoms with Gasteiger partial charge in [-0.1, -0.05) is 57.3 Å². The smallest absolute Gasteiger partial charge is 0.235 e. The van der Waals surface area contributed by atoms with Crippen molar-refractivity contribution >= 4 is 50.7 Å². The van der Waals surface area contributed by atoms with E-state index in [0.717, 1.165) is 22.9 Å². The molecule has 2 nitrogen and oxygen atoms in total. The number of rotatable bonds is 3. The number of amides is 1. The van der Waals surface area contributed by atoms with Gasteiger partial charge in [0.25, 0.3) is 0 Å². The third-order valence-electron chi connectivity index (χ3n) is 3.78. The van der Waals surface area contributed by atoms with E-state index in [0.29, 0.717) is 15.7 Å². The number of nitrogens with one attached hydrogen (secondary N) is 1. The highest BCUT2D eigenvalue weighted by atomic mass is 79.9. The van der Waals surface area contributed by atoms with Gasteiger partial charge in [0.05, 0.1) is 21.1 Å². The van der Waals surface area contributed by atoms with Crippen molar-refractivity contribution in [2.75, 3.05) is 5.32 Å². The predicted octanol–water partition coefficient (Wildman–Crippen LogP) is 5.43. The molecule has 2 aromatic rings. The van der Waals surface area contributed by atoms with Gasteiger partial charge in [0, 0.05) is 4.47 Å². The van der Waals surface area contributed by atoms with E-state index in [2.05, 4.69) is 21.2 Å². The molecule has 1 saturated carbocycles. The van der Waals surface area contributed by atoms with Gasteiger partial charge in [0.1, 0.15) is 0 Å². The van der Waals surface area contributed by atoms with Crippen molar-refractivity contribution in [2.45, 2.75) is 18.3 Å². The number of hydrogen-bond donors (Lipinski definition) is 1. The normalized spacial score (nSPS) is 15.6. The summed E-state index contributed by atoms with van der Waals surface area (Å²) in [4.78, 5) is 12.6. The van der Waals surface area contributed by atoms with Crippen molar-refractivity contribution in [2.24, 2.45) is 0 Å². The molecule has 0 aliphatic heterocycles. The van der Waals surface area contributed by atoms with Gasteiger partial charge < -0.3 is 5.32 Å². The van der Waals surface area contributed by atoms with Crippen LogP contribution in [0.5, 0.6) is 0 Å². The molecule has 5 heteroatoms. The van der Waals surface area contributed by atoms with Crippen molar-refractivity contribution in [3.05, 3.63) is 62.5 Å². The molecule has 1 amide bonds. The average Bonchev–Trinajstić information content (AvgIpc) is 3.26. The predicted molar refractivity (Wildman–Crippen MR) is 90.1 cm³/mol. The second-order valence-corrected chi connectivity index (χ2v) is 6.85. The first-order chi connectivity index (χ1) is 10.0. The first-order valence-corrected chi connectivity index (χ1v) is 8.09. The van der Waals surface area contributed by atoms with Crippen molar-refractivity contribution in [1.82, 2.24) is 0 Å². The summed E-state index contributed by atoms with van der Waals surface area (Å²) in [6.45, 7) is 0. The number of carbonyl (C=O) groups is 1. The van der Waals surface area contributed by atoms with Crippen LogP contribution in [-0.4, -0.2) is 5.91 Å². The lowest BCUT2D eigenvalue weighted by Crippen LogP contribution is -2.27. The van der Waals surface area contributed by atoms with E-state index < -0.39 is 5.41 Å². The van der Waals surface area contributed by atoms with E-state index in [1.165, 1.54) is 0 Å². The maximum atomic E-state index is 12.6. The van der Waals surface area contributed by atoms with Gasteiger partial charge in [0.2, 0.25) is 5.91 Å². The van der Waals surface area contributed by atoms with Crippen LogP contribution in [0.1, 0.15) is 18.4 Å². The van der Waals surface area contributed by atoms with Gasteiger partial charge in [-0.25, -0.2) is 0 Å². The van der Waals surface area contributed by atoms with E-state index in [-0.39, 0.29) is 5.91 Å². The molecule has 0 aromatic heterocycles. The van der Waals surface area contributed by atoms with Crippen molar-refractivity contribution in [3.8, 4) is 0 Å². The minimum Gasteiger partial charge on any atom is -0.324 e. The fourth-order valence-corrected chi connectivity index (χ4v) is 3.00. The van der Waals surface area contributed by atoms with Gasteiger partial charge in [0.15, 0.2) is 0 Å². The summed E-state index contributed by atoms with van der Waals surface area (Å²) in [5.41, 5.74) is 1.14. The molecule has 1 aliphatic rings. The van der Waals surface area contributed by atoms with Crippen LogP contribution in [0.2, 0.25) is 10.0 Å². The SMILES string of the molecule is O=C(Nc1cccc(Cl)c1Cl)C1(c2ccc(Br)cc2)CC1. The lowest BCUT2D eigenvalue weighted by atomic mass is 9.95. The summed E-state index contributed by atoms with van der Waals surface area (Å²) in [5.74, 6) is -0.0333. The molecule has 3 rings (SSSR count). The Morgan fingerprint density at radius 2 is 1.76 bits per heavy atom. The van der Waals surface area contributed by atoms with Crippen LogP contribution in [0.4, 0.5) is 5.69 Å². The molecule has 108 valence electrons. The van der Waals surface area contributed by atoms with E-state index in [1.54, 1.807) is 18.2 Å². The maximum absolute atomic E-state index is 12.6. The lowest BCUT2D eigenvalue weighted by Gasteiger charge is -2.17. The molecular formula is C16H12BrCl2NO. The van der Waals surface area contributed by atoms with Gasteiger partial charge in [-0.15, -0.1) is 0 Å². The molecule has 0 radical (unpaired) electrons. The molecule has 0 spiro atoms. The Hall–Kier alpha value is -1.03. The highest BCUT2D eigenvalue weighted by Crippen LogP contribution is 2.49. The first-order valence-electron chi connectivity index (χ1n) is 6.54. The molecule has 2 aromatic carbocycles. The number of halogens is 3. The maximum Gasteiger partial charge on any atom is 0.235 e. The molecule has 21 heavy (non-hydrogen) atoms. The summed E-state index contributed by atoms with van der Waals surface area (Å²) in [5, 5.41) is 3.71. The van der Waals surface area contributed by atoms with Crippen LogP contribution in [0.3, 0.4) is 0 Å². The lowest BCUT2D eigenvalue weighted by molar-refractivity contribution is -0.118. The third-order valence-corrected chi connectivity index (χ3v) is 5.13. The van der Waals surface area contributed by atoms with E-state index in [9.17, 15) is 4.79 Å². The monoisotopic (exact) mass is 383 g/mol. The Kier molecular flexibility index (Phi) is 4.00. The zero-order valence-corrected chi connectivity index (χ0v) is 14.1.